The number of amides is 2. The first-order valence-electron chi connectivity index (χ1n) is 7.01. The molecule has 0 aliphatic rings. The van der Waals surface area contributed by atoms with E-state index >= 15 is 0 Å². The van der Waals surface area contributed by atoms with Crippen LogP contribution in [0.4, 0.5) is 5.69 Å². The normalized spacial score (nSPS) is 11.5. The maximum Gasteiger partial charge on any atom is 0.359 e. The zero-order valence-electron chi connectivity index (χ0n) is 13.0. The Labute approximate surface area is 153 Å². The molecule has 0 unspecified atom stereocenters. The Morgan fingerprint density at radius 1 is 1.12 bits per heavy atom. The summed E-state index contributed by atoms with van der Waals surface area (Å²) in [6.45, 7) is 1.39. The summed E-state index contributed by atoms with van der Waals surface area (Å²) in [7, 11) is 0. The highest BCUT2D eigenvalue weighted by molar-refractivity contribution is 6.34. The molecule has 0 aliphatic carbocycles. The number of pyridine rings is 1. The van der Waals surface area contributed by atoms with Crippen LogP contribution in [0.25, 0.3) is 0 Å². The number of carbonyl (C=O) groups is 3. The summed E-state index contributed by atoms with van der Waals surface area (Å²) in [6.07, 6.45) is -1.11. The minimum Gasteiger partial charge on any atom is -0.448 e. The Kier molecular flexibility index (Phi) is 5.95. The van der Waals surface area contributed by atoms with E-state index in [0.717, 1.165) is 0 Å². The quantitative estimate of drug-likeness (QED) is 0.610. The molecule has 0 aliphatic heterocycles. The largest absolute Gasteiger partial charge is 0.448 e. The van der Waals surface area contributed by atoms with Crippen molar-refractivity contribution in [1.82, 2.24) is 4.98 Å². The Morgan fingerprint density at radius 3 is 2.36 bits per heavy atom. The fourth-order valence-electron chi connectivity index (χ4n) is 1.79. The molecule has 0 fully saturated rings. The number of hydrogen-bond acceptors (Lipinski definition) is 5. The average Bonchev–Trinajstić information content (AvgIpc) is 2.57. The van der Waals surface area contributed by atoms with Crippen LogP contribution in [0.1, 0.15) is 27.8 Å². The molecule has 0 radical (unpaired) electrons. The third-order valence-electron chi connectivity index (χ3n) is 3.10. The van der Waals surface area contributed by atoms with Crippen LogP contribution in [-0.4, -0.2) is 28.9 Å². The van der Waals surface area contributed by atoms with Crippen molar-refractivity contribution in [3.8, 4) is 0 Å². The Hall–Kier alpha value is -2.64. The van der Waals surface area contributed by atoms with Gasteiger partial charge in [-0.2, -0.15) is 0 Å². The number of hydrogen-bond donors (Lipinski definition) is 2. The van der Waals surface area contributed by atoms with Crippen LogP contribution in [0.15, 0.2) is 36.4 Å². The SMILES string of the molecule is C[C@H](OC(=O)c1nc(Cl)ccc1Cl)C(=O)Nc1ccc(C(N)=O)cc1. The smallest absolute Gasteiger partial charge is 0.359 e. The molecule has 0 saturated heterocycles. The number of nitrogens with one attached hydrogen (secondary N) is 1. The van der Waals surface area contributed by atoms with Crippen LogP contribution < -0.4 is 11.1 Å². The van der Waals surface area contributed by atoms with E-state index in [1.165, 1.54) is 43.3 Å². The van der Waals surface area contributed by atoms with Crippen molar-refractivity contribution < 1.29 is 19.1 Å². The van der Waals surface area contributed by atoms with Crippen LogP contribution >= 0.6 is 23.2 Å². The number of rotatable bonds is 5. The van der Waals surface area contributed by atoms with Gasteiger partial charge in [0, 0.05) is 11.3 Å². The summed E-state index contributed by atoms with van der Waals surface area (Å²) in [5, 5.41) is 2.67. The molecule has 0 spiro atoms. The number of esters is 1. The second-order valence-electron chi connectivity index (χ2n) is 4.94. The zero-order chi connectivity index (χ0) is 18.6. The summed E-state index contributed by atoms with van der Waals surface area (Å²) >= 11 is 11.6. The second-order valence-corrected chi connectivity index (χ2v) is 5.74. The van der Waals surface area contributed by atoms with E-state index in [9.17, 15) is 14.4 Å². The minimum atomic E-state index is -1.11. The van der Waals surface area contributed by atoms with Gasteiger partial charge in [-0.3, -0.25) is 9.59 Å². The van der Waals surface area contributed by atoms with Gasteiger partial charge in [-0.15, -0.1) is 0 Å². The van der Waals surface area contributed by atoms with Gasteiger partial charge in [-0.1, -0.05) is 23.2 Å². The molecule has 1 atom stereocenters. The standard InChI is InChI=1S/C16H13Cl2N3O4/c1-8(25-16(24)13-11(17)6-7-12(18)21-13)15(23)20-10-4-2-9(3-5-10)14(19)22/h2-8H,1H3,(H2,19,22)(H,20,23)/t8-/m0/s1. The molecule has 1 aromatic carbocycles. The lowest BCUT2D eigenvalue weighted by Crippen LogP contribution is -2.30. The minimum absolute atomic E-state index is 0.0593. The molecule has 130 valence electrons. The van der Waals surface area contributed by atoms with Gasteiger partial charge in [0.1, 0.15) is 5.15 Å². The lowest BCUT2D eigenvalue weighted by molar-refractivity contribution is -0.123. The van der Waals surface area contributed by atoms with Gasteiger partial charge in [-0.05, 0) is 43.3 Å². The monoisotopic (exact) mass is 381 g/mol. The second kappa shape index (κ2) is 7.96. The van der Waals surface area contributed by atoms with Gasteiger partial charge in [0.05, 0.1) is 5.02 Å². The van der Waals surface area contributed by atoms with E-state index in [1.807, 2.05) is 0 Å². The summed E-state index contributed by atoms with van der Waals surface area (Å²) in [5.74, 6) is -2.02. The van der Waals surface area contributed by atoms with E-state index in [4.69, 9.17) is 33.7 Å². The molecule has 25 heavy (non-hydrogen) atoms. The van der Waals surface area contributed by atoms with Crippen molar-refractivity contribution >= 4 is 46.7 Å². The molecule has 0 saturated carbocycles. The van der Waals surface area contributed by atoms with Crippen molar-refractivity contribution in [1.29, 1.82) is 0 Å². The fourth-order valence-corrected chi connectivity index (χ4v) is 2.12. The Morgan fingerprint density at radius 2 is 1.76 bits per heavy atom. The van der Waals surface area contributed by atoms with Crippen LogP contribution in [0.3, 0.4) is 0 Å². The molecule has 2 rings (SSSR count). The number of nitrogens with two attached hydrogens (primary N) is 1. The summed E-state index contributed by atoms with van der Waals surface area (Å²) in [6, 6.07) is 8.75. The molecule has 3 N–H and O–H groups in total. The summed E-state index contributed by atoms with van der Waals surface area (Å²) in [4.78, 5) is 38.9. The highest BCUT2D eigenvalue weighted by Gasteiger charge is 2.22. The van der Waals surface area contributed by atoms with Crippen LogP contribution in [-0.2, 0) is 9.53 Å². The predicted molar refractivity (Wildman–Crippen MR) is 92.7 cm³/mol. The highest BCUT2D eigenvalue weighted by atomic mass is 35.5. The number of primary amides is 1. The number of anilines is 1. The molecule has 0 bridgehead atoms. The van der Waals surface area contributed by atoms with Gasteiger partial charge in [-0.25, -0.2) is 9.78 Å². The molecule has 1 heterocycles. The number of halogens is 2. The van der Waals surface area contributed by atoms with Crippen molar-refractivity contribution in [2.45, 2.75) is 13.0 Å². The summed E-state index contributed by atoms with van der Waals surface area (Å²) < 4.78 is 5.04. The van der Waals surface area contributed by atoms with Gasteiger partial charge in [0.25, 0.3) is 5.91 Å². The number of nitrogens with zero attached hydrogens (tertiary/aromatic N) is 1. The van der Waals surface area contributed by atoms with Gasteiger partial charge in [0.15, 0.2) is 11.8 Å². The van der Waals surface area contributed by atoms with E-state index in [1.54, 1.807) is 0 Å². The number of benzene rings is 1. The fraction of sp³-hybridized carbons (Fsp3) is 0.125. The van der Waals surface area contributed by atoms with Crippen LogP contribution in [0.5, 0.6) is 0 Å². The molecule has 2 amide bonds. The number of carbonyl (C=O) groups excluding carboxylic acids is 3. The molecular weight excluding hydrogens is 369 g/mol. The van der Waals surface area contributed by atoms with Crippen molar-refractivity contribution in [3.05, 3.63) is 57.8 Å². The maximum atomic E-state index is 12.1. The molecular formula is C16H13Cl2N3O4. The third kappa shape index (κ3) is 4.91. The van der Waals surface area contributed by atoms with Crippen molar-refractivity contribution in [2.24, 2.45) is 5.73 Å². The highest BCUT2D eigenvalue weighted by Crippen LogP contribution is 2.18. The maximum absolute atomic E-state index is 12.1. The van der Waals surface area contributed by atoms with Crippen molar-refractivity contribution in [3.63, 3.8) is 0 Å². The number of aromatic nitrogens is 1. The van der Waals surface area contributed by atoms with Crippen molar-refractivity contribution in [2.75, 3.05) is 5.32 Å². The van der Waals surface area contributed by atoms with Crippen LogP contribution in [0, 0.1) is 0 Å². The molecule has 7 nitrogen and oxygen atoms in total. The first-order valence-corrected chi connectivity index (χ1v) is 7.77. The van der Waals surface area contributed by atoms with E-state index in [2.05, 4.69) is 10.3 Å². The topological polar surface area (TPSA) is 111 Å². The molecule has 1 aromatic heterocycles. The first-order chi connectivity index (χ1) is 11.8. The number of ether oxygens (including phenoxy) is 1. The Bertz CT molecular complexity index is 825. The first kappa shape index (κ1) is 18.7. The summed E-state index contributed by atoms with van der Waals surface area (Å²) in [5.41, 5.74) is 5.67. The molecule has 2 aromatic rings. The lowest BCUT2D eigenvalue weighted by Gasteiger charge is -2.14. The zero-order valence-corrected chi connectivity index (χ0v) is 14.5. The average molecular weight is 382 g/mol. The van der Waals surface area contributed by atoms with Gasteiger partial charge >= 0.3 is 5.97 Å². The third-order valence-corrected chi connectivity index (χ3v) is 3.61. The Balaban J connectivity index is 2.01. The van der Waals surface area contributed by atoms with Gasteiger partial charge < -0.3 is 15.8 Å². The van der Waals surface area contributed by atoms with Gasteiger partial charge in [0.2, 0.25) is 5.91 Å². The van der Waals surface area contributed by atoms with E-state index in [0.29, 0.717) is 11.3 Å². The lowest BCUT2D eigenvalue weighted by atomic mass is 10.2. The van der Waals surface area contributed by atoms with E-state index in [-0.39, 0.29) is 15.9 Å². The predicted octanol–water partition coefficient (Wildman–Crippen LogP) is 2.67. The van der Waals surface area contributed by atoms with Crippen LogP contribution in [0.2, 0.25) is 10.2 Å². The van der Waals surface area contributed by atoms with E-state index < -0.39 is 23.9 Å². The molecule has 9 heteroatoms.